The molecule has 0 radical (unpaired) electrons. The molecule has 3 rings (SSSR count). The van der Waals surface area contributed by atoms with Gasteiger partial charge < -0.3 is 10.8 Å². The number of nitro benzene ring substituents is 1. The first kappa shape index (κ1) is 23.8. The number of nitrogen functional groups attached to an aromatic ring is 1. The minimum absolute atomic E-state index is 0.0170. The van der Waals surface area contributed by atoms with Crippen molar-refractivity contribution in [1.29, 1.82) is 0 Å². The number of nitro groups is 1. The summed E-state index contributed by atoms with van der Waals surface area (Å²) in [7, 11) is -8.46. The first-order valence-electron chi connectivity index (χ1n) is 8.99. The molecule has 1 heterocycles. The van der Waals surface area contributed by atoms with Gasteiger partial charge in [-0.15, -0.1) is 10.2 Å². The second-order valence-electron chi connectivity index (χ2n) is 6.64. The summed E-state index contributed by atoms with van der Waals surface area (Å²) in [5.74, 6) is -0.499. The molecule has 0 unspecified atom stereocenters. The summed E-state index contributed by atoms with van der Waals surface area (Å²) in [4.78, 5) is 13.6. The van der Waals surface area contributed by atoms with Crippen molar-refractivity contribution in [3.05, 3.63) is 62.4 Å². The van der Waals surface area contributed by atoms with Crippen molar-refractivity contribution in [2.75, 3.05) is 10.5 Å². The number of azo groups is 1. The number of rotatable bonds is 7. The summed E-state index contributed by atoms with van der Waals surface area (Å²) in [6.07, 6.45) is 2.30. The van der Waals surface area contributed by atoms with Crippen molar-refractivity contribution >= 4 is 48.7 Å². The number of allylic oxidation sites excluding steroid dienone is 3. The van der Waals surface area contributed by atoms with Crippen molar-refractivity contribution in [3.63, 3.8) is 0 Å². The lowest BCUT2D eigenvalue weighted by Crippen LogP contribution is -2.20. The number of nitrogens with one attached hydrogen (secondary N) is 1. The Morgan fingerprint density at radius 1 is 1.15 bits per heavy atom. The van der Waals surface area contributed by atoms with Crippen LogP contribution in [0.25, 0.3) is 0 Å². The van der Waals surface area contributed by atoms with Crippen molar-refractivity contribution in [2.45, 2.75) is 12.8 Å². The van der Waals surface area contributed by atoms with Gasteiger partial charge in [0.1, 0.15) is 5.69 Å². The second kappa shape index (κ2) is 8.93. The third kappa shape index (κ3) is 5.68. The fourth-order valence-electron chi connectivity index (χ4n) is 2.69. The zero-order valence-electron chi connectivity index (χ0n) is 16.6. The number of nitrogens with zero attached hydrogens (tertiary/aromatic N) is 4. The van der Waals surface area contributed by atoms with Crippen LogP contribution in [0.1, 0.15) is 12.8 Å². The lowest BCUT2D eigenvalue weighted by atomic mass is 10.2. The molecule has 0 aliphatic heterocycles. The second-order valence-corrected chi connectivity index (χ2v) is 9.94. The number of anilines is 2. The monoisotopic (exact) mass is 495 g/mol. The highest BCUT2D eigenvalue weighted by Gasteiger charge is 2.25. The van der Waals surface area contributed by atoms with Gasteiger partial charge >= 0.3 is 0 Å². The maximum atomic E-state index is 12.9. The molecule has 0 fully saturated rings. The first-order chi connectivity index (χ1) is 15.4. The first-order valence-corrected chi connectivity index (χ1v) is 12.0. The predicted molar refractivity (Wildman–Crippen MR) is 119 cm³/mol. The molecule has 1 aromatic carbocycles. The molecular weight excluding hydrogens is 478 g/mol. The Hall–Kier alpha value is -3.89. The number of hydrogen-bond donors (Lipinski definition) is 4. The highest BCUT2D eigenvalue weighted by molar-refractivity contribution is 7.96. The number of non-ortho nitro benzene ring substituents is 1. The Morgan fingerprint density at radius 2 is 1.88 bits per heavy atom. The van der Waals surface area contributed by atoms with E-state index < -0.39 is 30.7 Å². The Bertz CT molecular complexity index is 1430. The van der Waals surface area contributed by atoms with Gasteiger partial charge in [-0.05, 0) is 37.1 Å². The van der Waals surface area contributed by atoms with Crippen LogP contribution in [0.5, 0.6) is 5.75 Å². The molecule has 0 saturated carbocycles. The van der Waals surface area contributed by atoms with Gasteiger partial charge in [0.05, 0.1) is 20.4 Å². The molecule has 6 N–H and O–H groups in total. The summed E-state index contributed by atoms with van der Waals surface area (Å²) in [5.41, 5.74) is 4.67. The maximum Gasteiger partial charge on any atom is 0.271 e. The molecular formula is C17H17N7O7S2. The SMILES string of the molecule is Nc1nc(N=Nc2ccc([N+](=O)[O-])cc2NS(=O)(=O)C2=CC(S(N)(=O)=O)=CCC2)ccc1O. The Labute approximate surface area is 187 Å². The molecule has 1 aliphatic rings. The van der Waals surface area contributed by atoms with Crippen molar-refractivity contribution in [2.24, 2.45) is 15.4 Å². The van der Waals surface area contributed by atoms with E-state index in [2.05, 4.69) is 19.9 Å². The lowest BCUT2D eigenvalue weighted by Gasteiger charge is -2.15. The van der Waals surface area contributed by atoms with Gasteiger partial charge in [-0.2, -0.15) is 0 Å². The molecule has 174 valence electrons. The number of nitrogens with two attached hydrogens (primary N) is 2. The van der Waals surface area contributed by atoms with E-state index in [4.69, 9.17) is 10.9 Å². The average Bonchev–Trinajstić information content (AvgIpc) is 2.74. The van der Waals surface area contributed by atoms with Gasteiger partial charge in [-0.1, -0.05) is 6.08 Å². The van der Waals surface area contributed by atoms with Crippen molar-refractivity contribution < 1.29 is 26.9 Å². The molecule has 0 saturated heterocycles. The van der Waals surface area contributed by atoms with Crippen molar-refractivity contribution in [3.8, 4) is 5.75 Å². The highest BCUT2D eigenvalue weighted by Crippen LogP contribution is 2.34. The van der Waals surface area contributed by atoms with Crippen LogP contribution in [-0.4, -0.2) is 31.8 Å². The van der Waals surface area contributed by atoms with Crippen LogP contribution < -0.4 is 15.6 Å². The highest BCUT2D eigenvalue weighted by atomic mass is 32.2. The Morgan fingerprint density at radius 3 is 2.52 bits per heavy atom. The van der Waals surface area contributed by atoms with E-state index in [0.29, 0.717) is 0 Å². The third-order valence-corrected chi connectivity index (χ3v) is 6.74. The van der Waals surface area contributed by atoms with Gasteiger partial charge in [0.2, 0.25) is 10.0 Å². The number of hydrogen-bond acceptors (Lipinski definition) is 11. The number of sulfonamides is 2. The normalized spacial score (nSPS) is 14.6. The van der Waals surface area contributed by atoms with Crippen LogP contribution >= 0.6 is 0 Å². The van der Waals surface area contributed by atoms with Crippen LogP contribution in [0.3, 0.4) is 0 Å². The number of primary sulfonamides is 1. The molecule has 33 heavy (non-hydrogen) atoms. The van der Waals surface area contributed by atoms with E-state index in [1.807, 2.05) is 0 Å². The molecule has 16 heteroatoms. The average molecular weight is 495 g/mol. The number of benzene rings is 1. The van der Waals surface area contributed by atoms with Gasteiger partial charge in [-0.25, -0.2) is 27.0 Å². The molecule has 0 spiro atoms. The lowest BCUT2D eigenvalue weighted by molar-refractivity contribution is -0.384. The third-order valence-electron chi connectivity index (χ3n) is 4.30. The summed E-state index contributed by atoms with van der Waals surface area (Å²) in [6, 6.07) is 5.70. The molecule has 1 aromatic heterocycles. The van der Waals surface area contributed by atoms with Crippen LogP contribution in [-0.2, 0) is 20.0 Å². The smallest absolute Gasteiger partial charge is 0.271 e. The van der Waals surface area contributed by atoms with Crippen LogP contribution in [0.15, 0.2) is 62.5 Å². The summed E-state index contributed by atoms with van der Waals surface area (Å²) in [5, 5.41) is 33.3. The fourth-order valence-corrected chi connectivity index (χ4v) is 4.68. The van der Waals surface area contributed by atoms with Gasteiger partial charge in [-0.3, -0.25) is 14.8 Å². The van der Waals surface area contributed by atoms with Gasteiger partial charge in [0.15, 0.2) is 17.4 Å². The quantitative estimate of drug-likeness (QED) is 0.250. The largest absolute Gasteiger partial charge is 0.504 e. The van der Waals surface area contributed by atoms with Crippen LogP contribution in [0.4, 0.5) is 28.7 Å². The number of aromatic nitrogens is 1. The van der Waals surface area contributed by atoms with E-state index in [1.54, 1.807) is 0 Å². The summed E-state index contributed by atoms with van der Waals surface area (Å²) < 4.78 is 51.1. The van der Waals surface area contributed by atoms with E-state index in [1.165, 1.54) is 18.2 Å². The Kier molecular flexibility index (Phi) is 6.43. The topological polar surface area (TPSA) is 233 Å². The summed E-state index contributed by atoms with van der Waals surface area (Å²) in [6.45, 7) is 0. The van der Waals surface area contributed by atoms with Crippen molar-refractivity contribution in [1.82, 2.24) is 4.98 Å². The molecule has 14 nitrogen and oxygen atoms in total. The standard InChI is InChI=1S/C17H17N7O7S2/c18-17-15(25)6-7-16(20-17)22-21-13-5-4-10(24(26)27)8-14(13)23-33(30,31)12-3-1-2-11(9-12)32(19,28)29/h2,4-9,23,25H,1,3H2,(H2,18,20)(H2,19,28,29). The molecule has 0 bridgehead atoms. The Balaban J connectivity index is 2.00. The molecule has 0 atom stereocenters. The number of pyridine rings is 1. The minimum atomic E-state index is -4.33. The maximum absolute atomic E-state index is 12.9. The van der Waals surface area contributed by atoms with E-state index in [9.17, 15) is 32.1 Å². The minimum Gasteiger partial charge on any atom is -0.504 e. The zero-order chi connectivity index (χ0) is 24.4. The van der Waals surface area contributed by atoms with E-state index in [0.717, 1.165) is 24.3 Å². The molecule has 1 aliphatic carbocycles. The van der Waals surface area contributed by atoms with Crippen LogP contribution in [0, 0.1) is 10.1 Å². The molecule has 2 aromatic rings. The van der Waals surface area contributed by atoms with Gasteiger partial charge in [0, 0.05) is 12.1 Å². The number of aromatic hydroxyl groups is 1. The van der Waals surface area contributed by atoms with Gasteiger partial charge in [0.25, 0.3) is 15.7 Å². The molecule has 0 amide bonds. The van der Waals surface area contributed by atoms with E-state index in [-0.39, 0.29) is 51.4 Å². The predicted octanol–water partition coefficient (Wildman–Crippen LogP) is 2.28. The van der Waals surface area contributed by atoms with E-state index >= 15 is 0 Å². The fraction of sp³-hybridized carbons (Fsp3) is 0.118. The summed E-state index contributed by atoms with van der Waals surface area (Å²) >= 11 is 0. The zero-order valence-corrected chi connectivity index (χ0v) is 18.2. The van der Waals surface area contributed by atoms with Crippen LogP contribution in [0.2, 0.25) is 0 Å².